The molecule has 25 heavy (non-hydrogen) atoms. The molecule has 4 nitrogen and oxygen atoms in total. The second kappa shape index (κ2) is 13.5. The molecule has 0 amide bonds. The lowest BCUT2D eigenvalue weighted by molar-refractivity contribution is -0.142. The van der Waals surface area contributed by atoms with E-state index in [0.717, 1.165) is 12.8 Å². The Kier molecular flexibility index (Phi) is 11.4. The van der Waals surface area contributed by atoms with Crippen molar-refractivity contribution in [1.29, 1.82) is 0 Å². The summed E-state index contributed by atoms with van der Waals surface area (Å²) in [6, 6.07) is 6.55. The molecule has 1 aromatic carbocycles. The highest BCUT2D eigenvalue weighted by molar-refractivity contribution is 5.91. The number of ether oxygens (including phenoxy) is 1. The van der Waals surface area contributed by atoms with Gasteiger partial charge in [0.25, 0.3) is 0 Å². The Hall–Kier alpha value is -1.84. The van der Waals surface area contributed by atoms with Gasteiger partial charge in [-0.05, 0) is 18.1 Å². The van der Waals surface area contributed by atoms with Crippen LogP contribution in [0.5, 0.6) is 0 Å². The number of carbonyl (C=O) groups is 2. The van der Waals surface area contributed by atoms with Crippen molar-refractivity contribution in [3.63, 3.8) is 0 Å². The highest BCUT2D eigenvalue weighted by atomic mass is 16.5. The van der Waals surface area contributed by atoms with Gasteiger partial charge in [0, 0.05) is 0 Å². The maximum Gasteiger partial charge on any atom is 0.335 e. The van der Waals surface area contributed by atoms with Crippen molar-refractivity contribution in [2.75, 3.05) is 6.61 Å². The second-order valence-corrected chi connectivity index (χ2v) is 6.54. The third-order valence-corrected chi connectivity index (χ3v) is 4.34. The highest BCUT2D eigenvalue weighted by Crippen LogP contribution is 2.12. The summed E-state index contributed by atoms with van der Waals surface area (Å²) in [5.74, 6) is -1.37. The van der Waals surface area contributed by atoms with Crippen molar-refractivity contribution >= 4 is 11.9 Å². The van der Waals surface area contributed by atoms with Gasteiger partial charge in [-0.3, -0.25) is 4.79 Å². The van der Waals surface area contributed by atoms with E-state index >= 15 is 0 Å². The van der Waals surface area contributed by atoms with Crippen LogP contribution in [0, 0.1) is 0 Å². The Morgan fingerprint density at radius 2 is 1.44 bits per heavy atom. The van der Waals surface area contributed by atoms with E-state index in [9.17, 15) is 9.59 Å². The van der Waals surface area contributed by atoms with E-state index in [1.807, 2.05) is 0 Å². The first-order valence-corrected chi connectivity index (χ1v) is 9.62. The van der Waals surface area contributed by atoms with Crippen LogP contribution >= 0.6 is 0 Å². The molecule has 0 saturated heterocycles. The Morgan fingerprint density at radius 3 is 2.04 bits per heavy atom. The molecule has 0 aliphatic heterocycles. The summed E-state index contributed by atoms with van der Waals surface area (Å²) >= 11 is 0. The lowest BCUT2D eigenvalue weighted by Crippen LogP contribution is -2.12. The summed E-state index contributed by atoms with van der Waals surface area (Å²) in [7, 11) is 0. The molecule has 0 radical (unpaired) electrons. The largest absolute Gasteiger partial charge is 0.478 e. The molecule has 0 saturated carbocycles. The van der Waals surface area contributed by atoms with Gasteiger partial charge in [-0.1, -0.05) is 82.9 Å². The Balaban J connectivity index is 2.05. The van der Waals surface area contributed by atoms with Crippen LogP contribution in [-0.4, -0.2) is 23.7 Å². The van der Waals surface area contributed by atoms with Crippen LogP contribution in [0.1, 0.15) is 87.1 Å². The van der Waals surface area contributed by atoms with Gasteiger partial charge in [-0.2, -0.15) is 0 Å². The van der Waals surface area contributed by atoms with Crippen molar-refractivity contribution in [2.45, 2.75) is 77.6 Å². The number of carboxylic acids is 1. The zero-order valence-electron chi connectivity index (χ0n) is 15.5. The number of carboxylic acid groups (broad SMARTS) is 1. The highest BCUT2D eigenvalue weighted by Gasteiger charge is 2.13. The minimum absolute atomic E-state index is 0.0141. The number of hydrogen-bond acceptors (Lipinski definition) is 3. The molecule has 0 bridgehead atoms. The van der Waals surface area contributed by atoms with E-state index in [0.29, 0.717) is 12.2 Å². The third-order valence-electron chi connectivity index (χ3n) is 4.34. The van der Waals surface area contributed by atoms with Crippen LogP contribution in [0.3, 0.4) is 0 Å². The maximum atomic E-state index is 11.8. The van der Waals surface area contributed by atoms with Crippen molar-refractivity contribution in [3.05, 3.63) is 35.4 Å². The molecule has 0 unspecified atom stereocenters. The predicted molar refractivity (Wildman–Crippen MR) is 99.9 cm³/mol. The van der Waals surface area contributed by atoms with E-state index in [4.69, 9.17) is 9.84 Å². The number of hydrogen-bond donors (Lipinski definition) is 1. The van der Waals surface area contributed by atoms with Gasteiger partial charge in [0.05, 0.1) is 18.6 Å². The molecular formula is C21H32O4. The second-order valence-electron chi connectivity index (χ2n) is 6.54. The molecule has 0 aliphatic rings. The fourth-order valence-electron chi connectivity index (χ4n) is 2.87. The van der Waals surface area contributed by atoms with E-state index in [2.05, 4.69) is 6.92 Å². The summed E-state index contributed by atoms with van der Waals surface area (Å²) in [6.07, 6.45) is 12.4. The number of esters is 1. The van der Waals surface area contributed by atoms with E-state index in [1.165, 1.54) is 57.4 Å². The smallest absolute Gasteiger partial charge is 0.335 e. The molecule has 1 rings (SSSR count). The molecule has 0 aliphatic carbocycles. The number of aromatic carboxylic acids is 1. The normalized spacial score (nSPS) is 10.6. The van der Waals surface area contributed by atoms with E-state index in [1.54, 1.807) is 18.2 Å². The van der Waals surface area contributed by atoms with Gasteiger partial charge < -0.3 is 9.84 Å². The number of carbonyl (C=O) groups excluding carboxylic acids is 1. The fraction of sp³-hybridized carbons (Fsp3) is 0.619. The van der Waals surface area contributed by atoms with Gasteiger partial charge >= 0.3 is 11.9 Å². The number of rotatable bonds is 14. The Morgan fingerprint density at radius 1 is 0.880 bits per heavy atom. The first-order valence-electron chi connectivity index (χ1n) is 9.62. The van der Waals surface area contributed by atoms with Gasteiger partial charge in [0.15, 0.2) is 0 Å². The zero-order valence-corrected chi connectivity index (χ0v) is 15.5. The van der Waals surface area contributed by atoms with Gasteiger partial charge in [-0.25, -0.2) is 4.79 Å². The van der Waals surface area contributed by atoms with Crippen molar-refractivity contribution in [3.8, 4) is 0 Å². The van der Waals surface area contributed by atoms with Crippen molar-refractivity contribution in [1.82, 2.24) is 0 Å². The average molecular weight is 348 g/mol. The molecule has 0 fully saturated rings. The first kappa shape index (κ1) is 21.2. The van der Waals surface area contributed by atoms with Crippen molar-refractivity contribution in [2.24, 2.45) is 0 Å². The van der Waals surface area contributed by atoms with Gasteiger partial charge in [0.1, 0.15) is 0 Å². The topological polar surface area (TPSA) is 63.6 Å². The van der Waals surface area contributed by atoms with Crippen LogP contribution in [-0.2, 0) is 16.0 Å². The van der Waals surface area contributed by atoms with E-state index in [-0.39, 0.29) is 18.0 Å². The van der Waals surface area contributed by atoms with Crippen LogP contribution < -0.4 is 0 Å². The fourth-order valence-corrected chi connectivity index (χ4v) is 2.87. The lowest BCUT2D eigenvalue weighted by atomic mass is 10.0. The molecule has 0 atom stereocenters. The maximum absolute atomic E-state index is 11.8. The molecule has 1 aromatic rings. The van der Waals surface area contributed by atoms with Crippen molar-refractivity contribution < 1.29 is 19.4 Å². The van der Waals surface area contributed by atoms with E-state index < -0.39 is 5.97 Å². The number of unbranched alkanes of at least 4 members (excludes halogenated alkanes) is 9. The minimum Gasteiger partial charge on any atom is -0.478 e. The molecule has 1 N–H and O–H groups in total. The molecule has 0 spiro atoms. The summed E-state index contributed by atoms with van der Waals surface area (Å²) in [5.41, 5.74) is 0.668. The average Bonchev–Trinajstić information content (AvgIpc) is 2.60. The summed E-state index contributed by atoms with van der Waals surface area (Å²) < 4.78 is 5.22. The molecule has 140 valence electrons. The summed E-state index contributed by atoms with van der Waals surface area (Å²) in [5, 5.41) is 9.10. The third kappa shape index (κ3) is 9.90. The Labute approximate surface area is 151 Å². The predicted octanol–water partition coefficient (Wildman–Crippen LogP) is 5.39. The van der Waals surface area contributed by atoms with Crippen LogP contribution in [0.25, 0.3) is 0 Å². The standard InChI is InChI=1S/C21H32O4/c1-2-3-4-5-6-7-8-9-10-13-16-25-20(22)17-18-14-11-12-15-19(18)21(23)24/h11-12,14-15H,2-10,13,16-17H2,1H3,(H,23,24). The summed E-state index contributed by atoms with van der Waals surface area (Å²) in [4.78, 5) is 22.9. The Bertz CT molecular complexity index is 510. The van der Waals surface area contributed by atoms with Gasteiger partial charge in [-0.15, -0.1) is 0 Å². The minimum atomic E-state index is -1.02. The number of benzene rings is 1. The lowest BCUT2D eigenvalue weighted by Gasteiger charge is -2.07. The molecular weight excluding hydrogens is 316 g/mol. The van der Waals surface area contributed by atoms with Crippen LogP contribution in [0.4, 0.5) is 0 Å². The monoisotopic (exact) mass is 348 g/mol. The first-order chi connectivity index (χ1) is 12.1. The van der Waals surface area contributed by atoms with Gasteiger partial charge in [0.2, 0.25) is 0 Å². The molecule has 0 aromatic heterocycles. The summed E-state index contributed by atoms with van der Waals surface area (Å²) in [6.45, 7) is 2.66. The quantitative estimate of drug-likeness (QED) is 0.361. The molecule has 0 heterocycles. The SMILES string of the molecule is CCCCCCCCCCCCOC(=O)Cc1ccccc1C(=O)O. The van der Waals surface area contributed by atoms with Crippen LogP contribution in [0.15, 0.2) is 24.3 Å². The zero-order chi connectivity index (χ0) is 18.3. The van der Waals surface area contributed by atoms with Crippen LogP contribution in [0.2, 0.25) is 0 Å². The molecule has 4 heteroatoms.